The zero-order valence-corrected chi connectivity index (χ0v) is 10.1. The average molecular weight is 200 g/mol. The SMILES string of the molecule is CCCCCPC1CCCCCC1. The van der Waals surface area contributed by atoms with Crippen LogP contribution in [-0.2, 0) is 0 Å². The van der Waals surface area contributed by atoms with Crippen molar-refractivity contribution in [3.63, 3.8) is 0 Å². The molecule has 0 spiro atoms. The molecule has 1 aliphatic carbocycles. The fourth-order valence-corrected chi connectivity index (χ4v) is 3.84. The van der Waals surface area contributed by atoms with Crippen LogP contribution >= 0.6 is 8.58 Å². The Hall–Kier alpha value is 0.430. The highest BCUT2D eigenvalue weighted by Crippen LogP contribution is 2.32. The van der Waals surface area contributed by atoms with Crippen LogP contribution in [0.3, 0.4) is 0 Å². The minimum atomic E-state index is 1.12. The van der Waals surface area contributed by atoms with Crippen molar-refractivity contribution in [2.45, 2.75) is 70.4 Å². The fourth-order valence-electron chi connectivity index (χ4n) is 2.16. The number of hydrogen-bond donors (Lipinski definition) is 0. The quantitative estimate of drug-likeness (QED) is 0.346. The Balaban J connectivity index is 1.98. The second-order valence-corrected chi connectivity index (χ2v) is 6.07. The van der Waals surface area contributed by atoms with Crippen molar-refractivity contribution in [2.24, 2.45) is 0 Å². The van der Waals surface area contributed by atoms with Gasteiger partial charge in [0.25, 0.3) is 0 Å². The Morgan fingerprint density at radius 1 is 1.00 bits per heavy atom. The first-order valence-electron chi connectivity index (χ1n) is 6.17. The molecule has 1 saturated carbocycles. The molecule has 1 atom stereocenters. The standard InChI is InChI=1S/C12H25P/c1-2-3-8-11-13-12-9-6-4-5-7-10-12/h12-13H,2-11H2,1H3. The van der Waals surface area contributed by atoms with Gasteiger partial charge in [0.15, 0.2) is 0 Å². The predicted octanol–water partition coefficient (Wildman–Crippen LogP) is 4.58. The van der Waals surface area contributed by atoms with E-state index in [2.05, 4.69) is 6.92 Å². The van der Waals surface area contributed by atoms with Crippen molar-refractivity contribution in [1.82, 2.24) is 0 Å². The minimum Gasteiger partial charge on any atom is -0.119 e. The molecule has 0 amide bonds. The van der Waals surface area contributed by atoms with E-state index in [1.807, 2.05) is 0 Å². The van der Waals surface area contributed by atoms with Gasteiger partial charge in [-0.05, 0) is 31.1 Å². The number of rotatable bonds is 5. The Kier molecular flexibility index (Phi) is 6.90. The molecule has 0 bridgehead atoms. The Morgan fingerprint density at radius 2 is 1.69 bits per heavy atom. The molecule has 0 aromatic rings. The molecule has 0 aliphatic heterocycles. The van der Waals surface area contributed by atoms with Crippen LogP contribution in [0.2, 0.25) is 0 Å². The van der Waals surface area contributed by atoms with Gasteiger partial charge in [-0.3, -0.25) is 0 Å². The van der Waals surface area contributed by atoms with E-state index in [1.165, 1.54) is 59.7 Å². The summed E-state index contributed by atoms with van der Waals surface area (Å²) in [5, 5.41) is 0. The van der Waals surface area contributed by atoms with Crippen LogP contribution in [0.4, 0.5) is 0 Å². The average Bonchev–Trinajstić information content (AvgIpc) is 2.41. The lowest BCUT2D eigenvalue weighted by molar-refractivity contribution is 0.702. The summed E-state index contributed by atoms with van der Waals surface area (Å²) in [7, 11) is 1.29. The zero-order valence-electron chi connectivity index (χ0n) is 9.15. The normalized spacial score (nSPS) is 21.0. The molecule has 0 saturated heterocycles. The van der Waals surface area contributed by atoms with E-state index in [0.717, 1.165) is 5.66 Å². The molecule has 1 fully saturated rings. The van der Waals surface area contributed by atoms with Gasteiger partial charge in [0.2, 0.25) is 0 Å². The maximum atomic E-state index is 2.30. The molecule has 1 rings (SSSR count). The van der Waals surface area contributed by atoms with Gasteiger partial charge in [-0.15, -0.1) is 8.58 Å². The fraction of sp³-hybridized carbons (Fsp3) is 1.00. The third-order valence-corrected chi connectivity index (χ3v) is 4.87. The monoisotopic (exact) mass is 200 g/mol. The Labute approximate surface area is 85.7 Å². The van der Waals surface area contributed by atoms with E-state index < -0.39 is 0 Å². The molecule has 1 aliphatic rings. The van der Waals surface area contributed by atoms with E-state index in [9.17, 15) is 0 Å². The van der Waals surface area contributed by atoms with Gasteiger partial charge in [-0.1, -0.05) is 45.4 Å². The van der Waals surface area contributed by atoms with Gasteiger partial charge in [-0.2, -0.15) is 0 Å². The lowest BCUT2D eigenvalue weighted by Crippen LogP contribution is -1.99. The van der Waals surface area contributed by atoms with Crippen molar-refractivity contribution in [1.29, 1.82) is 0 Å². The van der Waals surface area contributed by atoms with Gasteiger partial charge in [0.05, 0.1) is 0 Å². The summed E-state index contributed by atoms with van der Waals surface area (Å²) < 4.78 is 0. The van der Waals surface area contributed by atoms with Gasteiger partial charge in [-0.25, -0.2) is 0 Å². The van der Waals surface area contributed by atoms with E-state index in [1.54, 1.807) is 12.8 Å². The van der Waals surface area contributed by atoms with E-state index in [-0.39, 0.29) is 0 Å². The summed E-state index contributed by atoms with van der Waals surface area (Å²) in [6.45, 7) is 2.30. The van der Waals surface area contributed by atoms with Gasteiger partial charge in [0.1, 0.15) is 0 Å². The lowest BCUT2D eigenvalue weighted by Gasteiger charge is -2.13. The third kappa shape index (κ3) is 5.68. The molecular formula is C12H25P. The first-order valence-corrected chi connectivity index (χ1v) is 7.45. The molecule has 13 heavy (non-hydrogen) atoms. The zero-order chi connectivity index (χ0) is 9.36. The molecule has 0 N–H and O–H groups in total. The first kappa shape index (κ1) is 11.5. The van der Waals surface area contributed by atoms with Crippen LogP contribution in [0.15, 0.2) is 0 Å². The second kappa shape index (κ2) is 7.80. The maximum Gasteiger partial charge on any atom is -0.0237 e. The van der Waals surface area contributed by atoms with Crippen molar-refractivity contribution >= 4 is 8.58 Å². The van der Waals surface area contributed by atoms with E-state index in [0.29, 0.717) is 0 Å². The van der Waals surface area contributed by atoms with Gasteiger partial charge < -0.3 is 0 Å². The maximum absolute atomic E-state index is 2.30. The van der Waals surface area contributed by atoms with E-state index >= 15 is 0 Å². The molecule has 0 aromatic carbocycles. The summed E-state index contributed by atoms with van der Waals surface area (Å²) in [4.78, 5) is 0. The van der Waals surface area contributed by atoms with Crippen LogP contribution in [-0.4, -0.2) is 11.8 Å². The summed E-state index contributed by atoms with van der Waals surface area (Å²) in [6, 6.07) is 0. The van der Waals surface area contributed by atoms with Crippen LogP contribution in [0.1, 0.15) is 64.7 Å². The number of unbranched alkanes of at least 4 members (excludes halogenated alkanes) is 2. The third-order valence-electron chi connectivity index (χ3n) is 3.07. The lowest BCUT2D eigenvalue weighted by atomic mass is 10.2. The molecule has 1 unspecified atom stereocenters. The highest BCUT2D eigenvalue weighted by molar-refractivity contribution is 7.38. The van der Waals surface area contributed by atoms with Crippen molar-refractivity contribution < 1.29 is 0 Å². The highest BCUT2D eigenvalue weighted by Gasteiger charge is 2.10. The molecule has 0 radical (unpaired) electrons. The predicted molar refractivity (Wildman–Crippen MR) is 64.2 cm³/mol. The number of hydrogen-bond acceptors (Lipinski definition) is 0. The topological polar surface area (TPSA) is 0 Å². The van der Waals surface area contributed by atoms with Gasteiger partial charge in [0, 0.05) is 0 Å². The summed E-state index contributed by atoms with van der Waals surface area (Å²) >= 11 is 0. The van der Waals surface area contributed by atoms with Crippen LogP contribution < -0.4 is 0 Å². The first-order chi connectivity index (χ1) is 6.43. The summed E-state index contributed by atoms with van der Waals surface area (Å²) in [5.74, 6) is 0. The van der Waals surface area contributed by atoms with E-state index in [4.69, 9.17) is 0 Å². The van der Waals surface area contributed by atoms with Gasteiger partial charge >= 0.3 is 0 Å². The second-order valence-electron chi connectivity index (χ2n) is 4.35. The van der Waals surface area contributed by atoms with Crippen molar-refractivity contribution in [3.8, 4) is 0 Å². The highest BCUT2D eigenvalue weighted by atomic mass is 31.1. The Bertz CT molecular complexity index is 104. The molecule has 78 valence electrons. The summed E-state index contributed by atoms with van der Waals surface area (Å²) in [6.07, 6.45) is 15.0. The van der Waals surface area contributed by atoms with Crippen molar-refractivity contribution in [3.05, 3.63) is 0 Å². The van der Waals surface area contributed by atoms with Crippen LogP contribution in [0, 0.1) is 0 Å². The van der Waals surface area contributed by atoms with Crippen LogP contribution in [0.25, 0.3) is 0 Å². The molecule has 0 aromatic heterocycles. The molecule has 0 heterocycles. The minimum absolute atomic E-state index is 1.12. The van der Waals surface area contributed by atoms with Crippen molar-refractivity contribution in [2.75, 3.05) is 6.16 Å². The molecule has 1 heteroatoms. The smallest absolute Gasteiger partial charge is 0.0237 e. The Morgan fingerprint density at radius 3 is 2.31 bits per heavy atom. The largest absolute Gasteiger partial charge is 0.119 e. The molecular weight excluding hydrogens is 175 g/mol. The summed E-state index contributed by atoms with van der Waals surface area (Å²) in [5.41, 5.74) is 1.12. The van der Waals surface area contributed by atoms with Crippen LogP contribution in [0.5, 0.6) is 0 Å². The molecule has 0 nitrogen and oxygen atoms in total.